The van der Waals surface area contributed by atoms with Crippen LogP contribution in [-0.2, 0) is 6.61 Å². The fraction of sp³-hybridized carbons (Fsp3) is 0.412. The molecule has 0 radical (unpaired) electrons. The molecule has 1 aromatic carbocycles. The van der Waals surface area contributed by atoms with Crippen LogP contribution in [0.3, 0.4) is 0 Å². The largest absolute Gasteiger partial charge is 0.471 e. The molecule has 2 heterocycles. The SMILES string of the molecule is Nc1nc(OCc2ccccc2)c2nnn([C@H]3C[C@@H](CO)[C@@H]3CO)c2n1. The highest BCUT2D eigenvalue weighted by molar-refractivity contribution is 5.76. The predicted octanol–water partition coefficient (Wildman–Crippen LogP) is 0.544. The molecule has 9 nitrogen and oxygen atoms in total. The molecule has 2 aromatic heterocycles. The van der Waals surface area contributed by atoms with E-state index in [4.69, 9.17) is 10.5 Å². The summed E-state index contributed by atoms with van der Waals surface area (Å²) in [5.74, 6) is 0.316. The van der Waals surface area contributed by atoms with Crippen molar-refractivity contribution >= 4 is 17.1 Å². The Balaban J connectivity index is 1.63. The van der Waals surface area contributed by atoms with E-state index in [1.807, 2.05) is 30.3 Å². The van der Waals surface area contributed by atoms with E-state index in [9.17, 15) is 10.2 Å². The van der Waals surface area contributed by atoms with Crippen molar-refractivity contribution in [1.82, 2.24) is 25.0 Å². The van der Waals surface area contributed by atoms with E-state index >= 15 is 0 Å². The Kier molecular flexibility index (Phi) is 4.39. The van der Waals surface area contributed by atoms with Gasteiger partial charge in [0.15, 0.2) is 11.2 Å². The van der Waals surface area contributed by atoms with Crippen LogP contribution in [0, 0.1) is 11.8 Å². The molecule has 26 heavy (non-hydrogen) atoms. The van der Waals surface area contributed by atoms with Crippen LogP contribution >= 0.6 is 0 Å². The van der Waals surface area contributed by atoms with Gasteiger partial charge in [0, 0.05) is 19.1 Å². The summed E-state index contributed by atoms with van der Waals surface area (Å²) in [6.45, 7) is 0.334. The zero-order valence-electron chi connectivity index (χ0n) is 14.1. The highest BCUT2D eigenvalue weighted by Gasteiger charge is 2.43. The third-order valence-electron chi connectivity index (χ3n) is 4.93. The number of anilines is 1. The number of aliphatic hydroxyl groups excluding tert-OH is 2. The lowest BCUT2D eigenvalue weighted by molar-refractivity contribution is -0.0109. The van der Waals surface area contributed by atoms with Gasteiger partial charge in [0.05, 0.1) is 6.04 Å². The second-order valence-electron chi connectivity index (χ2n) is 6.46. The van der Waals surface area contributed by atoms with Crippen molar-refractivity contribution in [3.63, 3.8) is 0 Å². The molecule has 0 unspecified atom stereocenters. The fourth-order valence-electron chi connectivity index (χ4n) is 3.41. The quantitative estimate of drug-likeness (QED) is 0.583. The third-order valence-corrected chi connectivity index (χ3v) is 4.93. The minimum atomic E-state index is -0.0882. The van der Waals surface area contributed by atoms with E-state index in [-0.39, 0.29) is 42.9 Å². The Hall–Kier alpha value is -2.78. The van der Waals surface area contributed by atoms with Crippen molar-refractivity contribution in [1.29, 1.82) is 0 Å². The molecule has 1 saturated carbocycles. The number of fused-ring (bicyclic) bond motifs is 1. The van der Waals surface area contributed by atoms with E-state index in [0.29, 0.717) is 24.2 Å². The number of nitrogens with zero attached hydrogens (tertiary/aromatic N) is 5. The molecule has 136 valence electrons. The summed E-state index contributed by atoms with van der Waals surface area (Å²) >= 11 is 0. The zero-order valence-corrected chi connectivity index (χ0v) is 14.1. The van der Waals surface area contributed by atoms with Gasteiger partial charge in [-0.2, -0.15) is 9.97 Å². The summed E-state index contributed by atoms with van der Waals surface area (Å²) in [7, 11) is 0. The van der Waals surface area contributed by atoms with Gasteiger partial charge in [0.1, 0.15) is 6.61 Å². The van der Waals surface area contributed by atoms with Crippen molar-refractivity contribution in [2.75, 3.05) is 18.9 Å². The van der Waals surface area contributed by atoms with Gasteiger partial charge in [-0.15, -0.1) is 5.10 Å². The second kappa shape index (κ2) is 6.85. The zero-order chi connectivity index (χ0) is 18.1. The van der Waals surface area contributed by atoms with E-state index in [1.165, 1.54) is 0 Å². The molecule has 3 atom stereocenters. The summed E-state index contributed by atoms with van der Waals surface area (Å²) < 4.78 is 7.44. The van der Waals surface area contributed by atoms with E-state index in [0.717, 1.165) is 5.56 Å². The lowest BCUT2D eigenvalue weighted by atomic mass is 9.70. The Morgan fingerprint density at radius 1 is 1.15 bits per heavy atom. The molecule has 0 spiro atoms. The van der Waals surface area contributed by atoms with Gasteiger partial charge >= 0.3 is 0 Å². The monoisotopic (exact) mass is 356 g/mol. The third kappa shape index (κ3) is 2.85. The van der Waals surface area contributed by atoms with Gasteiger partial charge < -0.3 is 20.7 Å². The van der Waals surface area contributed by atoms with Crippen LogP contribution in [0.1, 0.15) is 18.0 Å². The lowest BCUT2D eigenvalue weighted by Crippen LogP contribution is -2.43. The molecule has 4 rings (SSSR count). The van der Waals surface area contributed by atoms with Crippen LogP contribution < -0.4 is 10.5 Å². The van der Waals surface area contributed by atoms with Gasteiger partial charge in [-0.05, 0) is 17.9 Å². The van der Waals surface area contributed by atoms with E-state index in [1.54, 1.807) is 4.68 Å². The molecule has 1 aliphatic carbocycles. The predicted molar refractivity (Wildman–Crippen MR) is 93.1 cm³/mol. The number of hydrogen-bond acceptors (Lipinski definition) is 8. The van der Waals surface area contributed by atoms with Crippen molar-refractivity contribution in [2.24, 2.45) is 11.8 Å². The first-order valence-corrected chi connectivity index (χ1v) is 8.48. The minimum absolute atomic E-state index is 0.0326. The number of aliphatic hydroxyl groups is 2. The summed E-state index contributed by atoms with van der Waals surface area (Å²) in [6, 6.07) is 9.62. The average Bonchev–Trinajstić information content (AvgIpc) is 3.04. The molecule has 1 fully saturated rings. The van der Waals surface area contributed by atoms with Gasteiger partial charge in [-0.3, -0.25) is 0 Å². The van der Waals surface area contributed by atoms with E-state index < -0.39 is 0 Å². The number of rotatable bonds is 6. The number of hydrogen-bond donors (Lipinski definition) is 3. The first kappa shape index (κ1) is 16.7. The van der Waals surface area contributed by atoms with Gasteiger partial charge in [0.2, 0.25) is 11.8 Å². The molecular weight excluding hydrogens is 336 g/mol. The maximum absolute atomic E-state index is 9.59. The summed E-state index contributed by atoms with van der Waals surface area (Å²) in [5, 5.41) is 27.3. The molecule has 0 amide bonds. The molecule has 0 bridgehead atoms. The Morgan fingerprint density at radius 3 is 2.69 bits per heavy atom. The van der Waals surface area contributed by atoms with Crippen LogP contribution in [0.25, 0.3) is 11.2 Å². The number of ether oxygens (including phenoxy) is 1. The molecular formula is C17H20N6O3. The minimum Gasteiger partial charge on any atom is -0.471 e. The smallest absolute Gasteiger partial charge is 0.249 e. The average molecular weight is 356 g/mol. The molecule has 0 aliphatic heterocycles. The van der Waals surface area contributed by atoms with E-state index in [2.05, 4.69) is 20.3 Å². The van der Waals surface area contributed by atoms with Gasteiger partial charge in [-0.1, -0.05) is 35.5 Å². The summed E-state index contributed by atoms with van der Waals surface area (Å²) in [4.78, 5) is 8.40. The standard InChI is InChI=1S/C17H20N6O3/c18-17-19-15-14(16(20-17)26-9-10-4-2-1-3-5-10)21-22-23(15)13-6-11(7-24)12(13)8-25/h1-5,11-13,24-25H,6-9H2,(H2,18,19,20)/t11-,12-,13-/m0/s1. The van der Waals surface area contributed by atoms with Crippen molar-refractivity contribution in [3.8, 4) is 5.88 Å². The number of nitrogen functional groups attached to an aromatic ring is 1. The summed E-state index contributed by atoms with van der Waals surface area (Å²) in [6.07, 6.45) is 0.699. The first-order chi connectivity index (χ1) is 12.7. The van der Waals surface area contributed by atoms with Crippen LogP contribution in [0.15, 0.2) is 30.3 Å². The molecule has 0 saturated heterocycles. The Bertz CT molecular complexity index is 900. The van der Waals surface area contributed by atoms with Crippen molar-refractivity contribution < 1.29 is 14.9 Å². The van der Waals surface area contributed by atoms with Crippen LogP contribution in [0.2, 0.25) is 0 Å². The number of benzene rings is 1. The van der Waals surface area contributed by atoms with Gasteiger partial charge in [-0.25, -0.2) is 4.68 Å². The maximum atomic E-state index is 9.59. The van der Waals surface area contributed by atoms with Gasteiger partial charge in [0.25, 0.3) is 0 Å². The first-order valence-electron chi connectivity index (χ1n) is 8.48. The Morgan fingerprint density at radius 2 is 1.96 bits per heavy atom. The summed E-state index contributed by atoms with van der Waals surface area (Å²) in [5.41, 5.74) is 7.74. The van der Waals surface area contributed by atoms with Crippen LogP contribution in [0.5, 0.6) is 5.88 Å². The van der Waals surface area contributed by atoms with Crippen molar-refractivity contribution in [2.45, 2.75) is 19.1 Å². The molecule has 4 N–H and O–H groups in total. The number of nitrogens with two attached hydrogens (primary N) is 1. The highest BCUT2D eigenvalue weighted by Crippen LogP contribution is 2.44. The molecule has 3 aromatic rings. The fourth-order valence-corrected chi connectivity index (χ4v) is 3.41. The van der Waals surface area contributed by atoms with Crippen LogP contribution in [0.4, 0.5) is 5.95 Å². The maximum Gasteiger partial charge on any atom is 0.249 e. The normalized spacial score (nSPS) is 22.3. The molecule has 1 aliphatic rings. The van der Waals surface area contributed by atoms with Crippen LogP contribution in [-0.4, -0.2) is 48.4 Å². The van der Waals surface area contributed by atoms with Crippen molar-refractivity contribution in [3.05, 3.63) is 35.9 Å². The lowest BCUT2D eigenvalue weighted by Gasteiger charge is -2.42. The Labute approximate surface area is 149 Å². The highest BCUT2D eigenvalue weighted by atomic mass is 16.5. The second-order valence-corrected chi connectivity index (χ2v) is 6.46. The number of aromatic nitrogens is 5. The molecule has 9 heteroatoms. The topological polar surface area (TPSA) is 132 Å².